The molecule has 2 N–H and O–H groups in total. The summed E-state index contributed by atoms with van der Waals surface area (Å²) in [7, 11) is 0. The molecule has 12 heavy (non-hydrogen) atoms. The minimum absolute atomic E-state index is 0.264. The Morgan fingerprint density at radius 3 is 2.25 bits per heavy atom. The molecule has 0 aliphatic rings. The minimum Gasteiger partial charge on any atom is -0.335 e. The van der Waals surface area contributed by atoms with Crippen molar-refractivity contribution >= 4 is 11.7 Å². The third-order valence-electron chi connectivity index (χ3n) is 1.63. The maximum absolute atomic E-state index is 11.2. The summed E-state index contributed by atoms with van der Waals surface area (Å²) in [6, 6.07) is 0. The van der Waals surface area contributed by atoms with Crippen molar-refractivity contribution < 1.29 is 9.59 Å². The predicted molar refractivity (Wildman–Crippen MR) is 46.6 cm³/mol. The fraction of sp³-hybridized carbons (Fsp3) is 0.750. The first-order valence-electron chi connectivity index (χ1n) is 4.19. The molecule has 4 nitrogen and oxygen atoms in total. The summed E-state index contributed by atoms with van der Waals surface area (Å²) in [6.07, 6.45) is 0.264. The van der Waals surface area contributed by atoms with Crippen LogP contribution in [-0.2, 0) is 9.59 Å². The van der Waals surface area contributed by atoms with E-state index in [9.17, 15) is 9.59 Å². The third kappa shape index (κ3) is 3.00. The maximum atomic E-state index is 11.2. The number of nitrogens with two attached hydrogens (primary N) is 1. The lowest BCUT2D eigenvalue weighted by atomic mass is 10.2. The summed E-state index contributed by atoms with van der Waals surface area (Å²) in [5.41, 5.74) is 5.28. The monoisotopic (exact) mass is 172 g/mol. The summed E-state index contributed by atoms with van der Waals surface area (Å²) in [5.74, 6) is -0.754. The van der Waals surface area contributed by atoms with E-state index in [1.54, 1.807) is 6.92 Å². The van der Waals surface area contributed by atoms with Crippen molar-refractivity contribution in [1.29, 1.82) is 0 Å². The fourth-order valence-electron chi connectivity index (χ4n) is 0.887. The summed E-state index contributed by atoms with van der Waals surface area (Å²) in [5, 5.41) is 0. The molecule has 0 atom stereocenters. The second-order valence-corrected chi connectivity index (χ2v) is 2.45. The van der Waals surface area contributed by atoms with Crippen LogP contribution < -0.4 is 5.73 Å². The molecule has 1 amide bonds. The smallest absolute Gasteiger partial charge is 0.289 e. The third-order valence-corrected chi connectivity index (χ3v) is 1.63. The SMILES string of the molecule is CCC(=O)C(=O)N(CC)CCN. The molecule has 0 rings (SSSR count). The number of likely N-dealkylation sites (N-methyl/N-ethyl adjacent to an activating group) is 1. The first kappa shape index (κ1) is 11.1. The molecule has 0 radical (unpaired) electrons. The van der Waals surface area contributed by atoms with Crippen molar-refractivity contribution in [2.24, 2.45) is 5.73 Å². The molecule has 0 fully saturated rings. The number of carbonyl (C=O) groups is 2. The van der Waals surface area contributed by atoms with Gasteiger partial charge in [0.2, 0.25) is 5.78 Å². The van der Waals surface area contributed by atoms with Gasteiger partial charge < -0.3 is 10.6 Å². The predicted octanol–water partition coefficient (Wildman–Crippen LogP) is -0.227. The summed E-state index contributed by atoms with van der Waals surface area (Å²) < 4.78 is 0. The van der Waals surface area contributed by atoms with Crippen molar-refractivity contribution in [3.63, 3.8) is 0 Å². The van der Waals surface area contributed by atoms with Gasteiger partial charge in [0, 0.05) is 26.1 Å². The van der Waals surface area contributed by atoms with Gasteiger partial charge >= 0.3 is 0 Å². The Kier molecular flexibility index (Phi) is 5.28. The molecule has 0 aromatic heterocycles. The van der Waals surface area contributed by atoms with Crippen LogP contribution in [0.4, 0.5) is 0 Å². The fourth-order valence-corrected chi connectivity index (χ4v) is 0.887. The summed E-state index contributed by atoms with van der Waals surface area (Å²) in [6.45, 7) is 4.91. The van der Waals surface area contributed by atoms with Gasteiger partial charge in [-0.15, -0.1) is 0 Å². The number of hydrogen-bond donors (Lipinski definition) is 1. The number of rotatable bonds is 5. The molecule has 0 saturated carbocycles. The van der Waals surface area contributed by atoms with E-state index in [-0.39, 0.29) is 12.2 Å². The van der Waals surface area contributed by atoms with Gasteiger partial charge in [-0.3, -0.25) is 9.59 Å². The Labute approximate surface area is 72.7 Å². The highest BCUT2D eigenvalue weighted by Crippen LogP contribution is 1.92. The number of ketones is 1. The van der Waals surface area contributed by atoms with E-state index in [0.717, 1.165) is 0 Å². The molecule has 0 spiro atoms. The van der Waals surface area contributed by atoms with Crippen LogP contribution in [-0.4, -0.2) is 36.2 Å². The Hall–Kier alpha value is -0.900. The van der Waals surface area contributed by atoms with Crippen molar-refractivity contribution in [2.45, 2.75) is 20.3 Å². The topological polar surface area (TPSA) is 63.4 Å². The zero-order valence-electron chi connectivity index (χ0n) is 7.67. The van der Waals surface area contributed by atoms with Crippen LogP contribution in [0.15, 0.2) is 0 Å². The molecule has 4 heteroatoms. The summed E-state index contributed by atoms with van der Waals surface area (Å²) in [4.78, 5) is 23.6. The van der Waals surface area contributed by atoms with E-state index in [0.29, 0.717) is 19.6 Å². The largest absolute Gasteiger partial charge is 0.335 e. The van der Waals surface area contributed by atoms with Gasteiger partial charge in [-0.1, -0.05) is 6.92 Å². The van der Waals surface area contributed by atoms with E-state index in [1.807, 2.05) is 6.92 Å². The highest BCUT2D eigenvalue weighted by molar-refractivity contribution is 6.35. The average molecular weight is 172 g/mol. The average Bonchev–Trinajstić information content (AvgIpc) is 2.11. The van der Waals surface area contributed by atoms with Crippen molar-refractivity contribution in [2.75, 3.05) is 19.6 Å². The quantitative estimate of drug-likeness (QED) is 0.583. The highest BCUT2D eigenvalue weighted by atomic mass is 16.2. The molecule has 0 aliphatic carbocycles. The van der Waals surface area contributed by atoms with Crippen molar-refractivity contribution in [1.82, 2.24) is 4.90 Å². The molecule has 0 bridgehead atoms. The van der Waals surface area contributed by atoms with Crippen LogP contribution >= 0.6 is 0 Å². The second kappa shape index (κ2) is 5.71. The lowest BCUT2D eigenvalue weighted by Crippen LogP contribution is -2.39. The zero-order valence-corrected chi connectivity index (χ0v) is 7.67. The number of amides is 1. The van der Waals surface area contributed by atoms with E-state index < -0.39 is 5.91 Å². The molecule has 0 aromatic rings. The van der Waals surface area contributed by atoms with Gasteiger partial charge in [-0.2, -0.15) is 0 Å². The van der Waals surface area contributed by atoms with Crippen LogP contribution in [0.5, 0.6) is 0 Å². The van der Waals surface area contributed by atoms with Crippen molar-refractivity contribution in [3.05, 3.63) is 0 Å². The molecule has 0 heterocycles. The van der Waals surface area contributed by atoms with E-state index in [2.05, 4.69) is 0 Å². The number of nitrogens with zero attached hydrogens (tertiary/aromatic N) is 1. The molecule has 0 unspecified atom stereocenters. The lowest BCUT2D eigenvalue weighted by molar-refractivity contribution is -0.144. The second-order valence-electron chi connectivity index (χ2n) is 2.45. The number of carbonyl (C=O) groups excluding carboxylic acids is 2. The summed E-state index contributed by atoms with van der Waals surface area (Å²) >= 11 is 0. The van der Waals surface area contributed by atoms with Crippen LogP contribution in [0.3, 0.4) is 0 Å². The molecular formula is C8H16N2O2. The van der Waals surface area contributed by atoms with Crippen LogP contribution in [0.2, 0.25) is 0 Å². The normalized spacial score (nSPS) is 9.58. The molecule has 0 aliphatic heterocycles. The van der Waals surface area contributed by atoms with E-state index in [1.165, 1.54) is 4.90 Å². The first-order valence-corrected chi connectivity index (χ1v) is 4.19. The Morgan fingerprint density at radius 1 is 1.33 bits per heavy atom. The zero-order chi connectivity index (χ0) is 9.56. The van der Waals surface area contributed by atoms with Crippen LogP contribution in [0.25, 0.3) is 0 Å². The molecule has 70 valence electrons. The molecule has 0 aromatic carbocycles. The van der Waals surface area contributed by atoms with Gasteiger partial charge in [-0.25, -0.2) is 0 Å². The standard InChI is InChI=1S/C8H16N2O2/c1-3-7(11)8(12)10(4-2)6-5-9/h3-6,9H2,1-2H3. The Morgan fingerprint density at radius 2 is 1.92 bits per heavy atom. The number of Topliss-reactive ketones (excluding diaryl/α,β-unsaturated/α-hetero) is 1. The minimum atomic E-state index is -0.412. The van der Waals surface area contributed by atoms with Gasteiger partial charge in [0.25, 0.3) is 5.91 Å². The van der Waals surface area contributed by atoms with Gasteiger partial charge in [0.15, 0.2) is 0 Å². The number of hydrogen-bond acceptors (Lipinski definition) is 3. The Balaban J connectivity index is 4.11. The van der Waals surface area contributed by atoms with Gasteiger partial charge in [0.1, 0.15) is 0 Å². The Bertz CT molecular complexity index is 168. The highest BCUT2D eigenvalue weighted by Gasteiger charge is 2.17. The van der Waals surface area contributed by atoms with Crippen LogP contribution in [0.1, 0.15) is 20.3 Å². The maximum Gasteiger partial charge on any atom is 0.289 e. The van der Waals surface area contributed by atoms with Gasteiger partial charge in [-0.05, 0) is 6.92 Å². The van der Waals surface area contributed by atoms with E-state index >= 15 is 0 Å². The van der Waals surface area contributed by atoms with Crippen LogP contribution in [0, 0.1) is 0 Å². The first-order chi connectivity index (χ1) is 5.67. The van der Waals surface area contributed by atoms with Crippen molar-refractivity contribution in [3.8, 4) is 0 Å². The van der Waals surface area contributed by atoms with Gasteiger partial charge in [0.05, 0.1) is 0 Å². The van der Waals surface area contributed by atoms with E-state index in [4.69, 9.17) is 5.73 Å². The lowest BCUT2D eigenvalue weighted by Gasteiger charge is -2.18. The molecular weight excluding hydrogens is 156 g/mol. The molecule has 0 saturated heterocycles.